The van der Waals surface area contributed by atoms with Gasteiger partial charge in [-0.1, -0.05) is 18.2 Å². The second kappa shape index (κ2) is 9.13. The van der Waals surface area contributed by atoms with Crippen LogP contribution in [0.25, 0.3) is 5.69 Å². The van der Waals surface area contributed by atoms with Gasteiger partial charge in [0, 0.05) is 29.8 Å². The number of carbonyl (C=O) groups is 2. The number of para-hydroxylation sites is 1. The Hall–Kier alpha value is -4.46. The van der Waals surface area contributed by atoms with Crippen LogP contribution in [0.5, 0.6) is 5.75 Å². The molecule has 0 aliphatic heterocycles. The lowest BCUT2D eigenvalue weighted by Crippen LogP contribution is -2.15. The van der Waals surface area contributed by atoms with Crippen LogP contribution in [0, 0.1) is 6.92 Å². The molecule has 0 spiro atoms. The van der Waals surface area contributed by atoms with E-state index in [1.54, 1.807) is 47.3 Å². The van der Waals surface area contributed by atoms with E-state index in [0.29, 0.717) is 28.4 Å². The lowest BCUT2D eigenvalue weighted by Gasteiger charge is -2.12. The lowest BCUT2D eigenvalue weighted by molar-refractivity contribution is 0.101. The summed E-state index contributed by atoms with van der Waals surface area (Å²) in [5.41, 5.74) is 3.42. The van der Waals surface area contributed by atoms with Gasteiger partial charge in [0.2, 0.25) is 0 Å². The van der Waals surface area contributed by atoms with Crippen molar-refractivity contribution in [2.24, 2.45) is 0 Å². The fourth-order valence-electron chi connectivity index (χ4n) is 3.17. The molecule has 8 heteroatoms. The quantitative estimate of drug-likeness (QED) is 0.483. The van der Waals surface area contributed by atoms with Crippen LogP contribution in [-0.2, 0) is 0 Å². The maximum atomic E-state index is 12.8. The number of nitrogens with one attached hydrogen (secondary N) is 2. The molecule has 160 valence electrons. The monoisotopic (exact) mass is 427 g/mol. The molecular weight excluding hydrogens is 406 g/mol. The van der Waals surface area contributed by atoms with E-state index in [2.05, 4.69) is 20.7 Å². The van der Waals surface area contributed by atoms with Gasteiger partial charge in [-0.25, -0.2) is 4.68 Å². The number of carbonyl (C=O) groups excluding carboxylic acids is 2. The minimum absolute atomic E-state index is 0.291. The molecule has 2 N–H and O–H groups in total. The zero-order valence-corrected chi connectivity index (χ0v) is 17.6. The lowest BCUT2D eigenvalue weighted by atomic mass is 10.2. The summed E-state index contributed by atoms with van der Waals surface area (Å²) in [6.07, 6.45) is 3.08. The van der Waals surface area contributed by atoms with E-state index in [9.17, 15) is 9.59 Å². The van der Waals surface area contributed by atoms with E-state index < -0.39 is 0 Å². The maximum Gasteiger partial charge on any atom is 0.276 e. The van der Waals surface area contributed by atoms with E-state index in [-0.39, 0.29) is 11.8 Å². The van der Waals surface area contributed by atoms with Gasteiger partial charge in [0.15, 0.2) is 5.69 Å². The van der Waals surface area contributed by atoms with Crippen molar-refractivity contribution in [1.82, 2.24) is 14.8 Å². The molecule has 0 fully saturated rings. The van der Waals surface area contributed by atoms with Crippen molar-refractivity contribution in [3.8, 4) is 11.4 Å². The molecule has 0 aliphatic rings. The second-order valence-electron chi connectivity index (χ2n) is 6.98. The predicted octanol–water partition coefficient (Wildman–Crippen LogP) is 4.09. The molecule has 4 rings (SSSR count). The SMILES string of the molecule is COc1cc(NC(=O)c2cc(C)n(-c3ccccc3)n2)ccc1NC(=O)c1cccnc1. The van der Waals surface area contributed by atoms with Crippen molar-refractivity contribution in [2.45, 2.75) is 6.92 Å². The molecule has 8 nitrogen and oxygen atoms in total. The fraction of sp³-hybridized carbons (Fsp3) is 0.0833. The number of hydrogen-bond acceptors (Lipinski definition) is 5. The minimum Gasteiger partial charge on any atom is -0.494 e. The van der Waals surface area contributed by atoms with Crippen molar-refractivity contribution >= 4 is 23.2 Å². The Labute approximate surface area is 184 Å². The number of rotatable bonds is 6. The van der Waals surface area contributed by atoms with Crippen molar-refractivity contribution < 1.29 is 14.3 Å². The van der Waals surface area contributed by atoms with Crippen LogP contribution < -0.4 is 15.4 Å². The van der Waals surface area contributed by atoms with Crippen molar-refractivity contribution in [3.63, 3.8) is 0 Å². The van der Waals surface area contributed by atoms with Gasteiger partial charge in [0.1, 0.15) is 5.75 Å². The molecule has 2 amide bonds. The minimum atomic E-state index is -0.350. The number of methoxy groups -OCH3 is 1. The van der Waals surface area contributed by atoms with Crippen molar-refractivity contribution in [1.29, 1.82) is 0 Å². The molecule has 4 aromatic rings. The first-order chi connectivity index (χ1) is 15.5. The molecule has 2 heterocycles. The van der Waals surface area contributed by atoms with Crippen LogP contribution in [0.15, 0.2) is 79.1 Å². The zero-order valence-electron chi connectivity index (χ0n) is 17.6. The third kappa shape index (κ3) is 4.49. The van der Waals surface area contributed by atoms with E-state index in [1.807, 2.05) is 37.3 Å². The highest BCUT2D eigenvalue weighted by molar-refractivity contribution is 6.06. The molecule has 2 aromatic heterocycles. The molecule has 0 saturated heterocycles. The second-order valence-corrected chi connectivity index (χ2v) is 6.98. The van der Waals surface area contributed by atoms with Gasteiger partial charge >= 0.3 is 0 Å². The molecular formula is C24H21N5O3. The normalized spacial score (nSPS) is 10.4. The molecule has 0 radical (unpaired) electrons. The molecule has 0 unspecified atom stereocenters. The van der Waals surface area contributed by atoms with Crippen LogP contribution >= 0.6 is 0 Å². The number of anilines is 2. The highest BCUT2D eigenvalue weighted by atomic mass is 16.5. The molecule has 0 aliphatic carbocycles. The Balaban J connectivity index is 1.50. The molecule has 0 atom stereocenters. The van der Waals surface area contributed by atoms with Crippen LogP contribution in [-0.4, -0.2) is 33.7 Å². The number of ether oxygens (including phenoxy) is 1. The molecule has 0 bridgehead atoms. The molecule has 32 heavy (non-hydrogen) atoms. The summed E-state index contributed by atoms with van der Waals surface area (Å²) in [7, 11) is 1.49. The van der Waals surface area contributed by atoms with E-state index in [4.69, 9.17) is 4.74 Å². The van der Waals surface area contributed by atoms with Crippen LogP contribution in [0.2, 0.25) is 0 Å². The first kappa shape index (κ1) is 20.8. The number of pyridine rings is 1. The third-order valence-corrected chi connectivity index (χ3v) is 4.75. The Kier molecular flexibility index (Phi) is 5.94. The summed E-state index contributed by atoms with van der Waals surface area (Å²) in [6.45, 7) is 1.89. The first-order valence-electron chi connectivity index (χ1n) is 9.88. The Morgan fingerprint density at radius 1 is 0.938 bits per heavy atom. The maximum absolute atomic E-state index is 12.8. The number of aryl methyl sites for hydroxylation is 1. The van der Waals surface area contributed by atoms with Gasteiger partial charge in [-0.2, -0.15) is 5.10 Å². The van der Waals surface area contributed by atoms with Gasteiger partial charge in [0.25, 0.3) is 11.8 Å². The smallest absolute Gasteiger partial charge is 0.276 e. The number of aromatic nitrogens is 3. The van der Waals surface area contributed by atoms with Crippen LogP contribution in [0.4, 0.5) is 11.4 Å². The van der Waals surface area contributed by atoms with Gasteiger partial charge in [-0.15, -0.1) is 0 Å². The summed E-state index contributed by atoms with van der Waals surface area (Å²) >= 11 is 0. The summed E-state index contributed by atoms with van der Waals surface area (Å²) in [6, 6.07) is 19.7. The van der Waals surface area contributed by atoms with Crippen LogP contribution in [0.3, 0.4) is 0 Å². The van der Waals surface area contributed by atoms with Crippen molar-refractivity contribution in [3.05, 3.63) is 96.1 Å². The summed E-state index contributed by atoms with van der Waals surface area (Å²) < 4.78 is 7.10. The van der Waals surface area contributed by atoms with Gasteiger partial charge in [-0.05, 0) is 49.4 Å². The number of amides is 2. The summed E-state index contributed by atoms with van der Waals surface area (Å²) in [4.78, 5) is 29.1. The topological polar surface area (TPSA) is 98.1 Å². The van der Waals surface area contributed by atoms with Crippen LogP contribution in [0.1, 0.15) is 26.5 Å². The van der Waals surface area contributed by atoms with Gasteiger partial charge in [-0.3, -0.25) is 14.6 Å². The van der Waals surface area contributed by atoms with E-state index >= 15 is 0 Å². The Morgan fingerprint density at radius 3 is 2.47 bits per heavy atom. The fourth-order valence-corrected chi connectivity index (χ4v) is 3.17. The standard InChI is InChI=1S/C24H21N5O3/c1-16-13-21(28-29(16)19-8-4-3-5-9-19)24(31)26-18-10-11-20(22(14-18)32-2)27-23(30)17-7-6-12-25-15-17/h3-15H,1-2H3,(H,26,31)(H,27,30). The Bertz CT molecular complexity index is 1250. The third-order valence-electron chi connectivity index (χ3n) is 4.75. The number of benzene rings is 2. The highest BCUT2D eigenvalue weighted by Crippen LogP contribution is 2.28. The summed E-state index contributed by atoms with van der Waals surface area (Å²) in [5, 5.41) is 10.0. The largest absolute Gasteiger partial charge is 0.494 e. The number of hydrogen-bond donors (Lipinski definition) is 2. The highest BCUT2D eigenvalue weighted by Gasteiger charge is 2.15. The average Bonchev–Trinajstić information content (AvgIpc) is 3.23. The van der Waals surface area contributed by atoms with E-state index in [1.165, 1.54) is 13.3 Å². The first-order valence-corrected chi connectivity index (χ1v) is 9.88. The molecule has 2 aromatic carbocycles. The van der Waals surface area contributed by atoms with E-state index in [0.717, 1.165) is 11.4 Å². The average molecular weight is 427 g/mol. The van der Waals surface area contributed by atoms with Crippen molar-refractivity contribution in [2.75, 3.05) is 17.7 Å². The molecule has 0 saturated carbocycles. The summed E-state index contributed by atoms with van der Waals surface area (Å²) in [5.74, 6) is -0.252. The van der Waals surface area contributed by atoms with Gasteiger partial charge in [0.05, 0.1) is 24.0 Å². The van der Waals surface area contributed by atoms with Gasteiger partial charge < -0.3 is 15.4 Å². The zero-order chi connectivity index (χ0) is 22.5. The predicted molar refractivity (Wildman–Crippen MR) is 121 cm³/mol. The number of nitrogens with zero attached hydrogens (tertiary/aromatic N) is 3. The Morgan fingerprint density at radius 2 is 1.75 bits per heavy atom.